The zero-order chi connectivity index (χ0) is 20.0. The second kappa shape index (κ2) is 7.85. The van der Waals surface area contributed by atoms with Crippen LogP contribution in [0.5, 0.6) is 0 Å². The van der Waals surface area contributed by atoms with Gasteiger partial charge in [-0.25, -0.2) is 0 Å². The number of hydrogen-bond donors (Lipinski definition) is 2. The summed E-state index contributed by atoms with van der Waals surface area (Å²) in [4.78, 5) is 0. The minimum absolute atomic E-state index is 0.361. The molecule has 0 unspecified atom stereocenters. The lowest BCUT2D eigenvalue weighted by atomic mass is 9.40. The third-order valence-electron chi connectivity index (χ3n) is 10.4. The van der Waals surface area contributed by atoms with Crippen LogP contribution in [0.15, 0.2) is 0 Å². The molecule has 3 heteroatoms. The highest BCUT2D eigenvalue weighted by molar-refractivity contribution is 5.10. The number of hydrogen-bond acceptors (Lipinski definition) is 3. The van der Waals surface area contributed by atoms with Crippen LogP contribution in [-0.2, 0) is 4.74 Å². The summed E-state index contributed by atoms with van der Waals surface area (Å²) in [6, 6.07) is 0. The van der Waals surface area contributed by atoms with E-state index in [1.165, 1.54) is 57.8 Å². The van der Waals surface area contributed by atoms with Gasteiger partial charge in [0.15, 0.2) is 0 Å². The summed E-state index contributed by atoms with van der Waals surface area (Å²) in [5.41, 5.74) is 0.206. The highest BCUT2D eigenvalue weighted by Crippen LogP contribution is 2.68. The fourth-order valence-electron chi connectivity index (χ4n) is 8.87. The number of ether oxygens (including phenoxy) is 1. The van der Waals surface area contributed by atoms with Crippen LogP contribution in [0.4, 0.5) is 0 Å². The van der Waals surface area contributed by atoms with Crippen LogP contribution in [-0.4, -0.2) is 35.6 Å². The topological polar surface area (TPSA) is 49.7 Å². The molecule has 3 nitrogen and oxygen atoms in total. The average Bonchev–Trinajstić information content (AvgIpc) is 2.71. The summed E-state index contributed by atoms with van der Waals surface area (Å²) < 4.78 is 5.66. The van der Waals surface area contributed by atoms with E-state index in [1.807, 2.05) is 6.92 Å². The first kappa shape index (κ1) is 21.1. The zero-order valence-corrected chi connectivity index (χ0v) is 18.6. The van der Waals surface area contributed by atoms with E-state index in [4.69, 9.17) is 4.74 Å². The number of aliphatic hydroxyl groups is 2. The van der Waals surface area contributed by atoms with E-state index < -0.39 is 5.60 Å². The van der Waals surface area contributed by atoms with E-state index in [1.54, 1.807) is 0 Å². The van der Waals surface area contributed by atoms with Crippen molar-refractivity contribution in [2.24, 2.45) is 40.4 Å². The largest absolute Gasteiger partial charge is 0.396 e. The minimum atomic E-state index is -0.595. The Kier molecular flexibility index (Phi) is 5.92. The van der Waals surface area contributed by atoms with Gasteiger partial charge in [0, 0.05) is 13.2 Å². The van der Waals surface area contributed by atoms with E-state index in [0.717, 1.165) is 30.6 Å². The first-order valence-electron chi connectivity index (χ1n) is 12.3. The van der Waals surface area contributed by atoms with Crippen molar-refractivity contribution in [2.75, 3.05) is 19.8 Å². The van der Waals surface area contributed by atoms with Crippen molar-refractivity contribution in [3.8, 4) is 0 Å². The van der Waals surface area contributed by atoms with Gasteiger partial charge in [0.2, 0.25) is 0 Å². The van der Waals surface area contributed by atoms with E-state index in [0.29, 0.717) is 42.5 Å². The van der Waals surface area contributed by atoms with Crippen molar-refractivity contribution in [2.45, 2.75) is 97.0 Å². The van der Waals surface area contributed by atoms with E-state index in [-0.39, 0.29) is 0 Å². The molecule has 0 saturated heterocycles. The van der Waals surface area contributed by atoms with Gasteiger partial charge in [-0.05, 0) is 112 Å². The van der Waals surface area contributed by atoms with Gasteiger partial charge in [0.1, 0.15) is 0 Å². The molecule has 0 radical (unpaired) electrons. The van der Waals surface area contributed by atoms with Crippen LogP contribution in [0.3, 0.4) is 0 Å². The number of rotatable bonds is 5. The van der Waals surface area contributed by atoms with Gasteiger partial charge in [-0.1, -0.05) is 20.3 Å². The maximum atomic E-state index is 11.2. The Balaban J connectivity index is 1.57. The molecule has 0 heterocycles. The molecule has 4 saturated carbocycles. The molecule has 2 N–H and O–H groups in total. The fourth-order valence-corrected chi connectivity index (χ4v) is 8.87. The van der Waals surface area contributed by atoms with Crippen molar-refractivity contribution in [3.63, 3.8) is 0 Å². The van der Waals surface area contributed by atoms with Crippen LogP contribution in [0.1, 0.15) is 91.4 Å². The molecule has 0 aliphatic heterocycles. The third kappa shape index (κ3) is 3.19. The van der Waals surface area contributed by atoms with Gasteiger partial charge in [0.05, 0.1) is 12.2 Å². The van der Waals surface area contributed by atoms with E-state index in [9.17, 15) is 10.2 Å². The SMILES string of the molecule is CCOC[C@@]1(O)CC[C@@]2(CC)[C@H](CC[C@H]3[C@@H]4CCC[C@H](CO)[C@@]4(C)CC[C@@H]32)C1. The molecule has 0 amide bonds. The van der Waals surface area contributed by atoms with E-state index >= 15 is 0 Å². The lowest BCUT2D eigenvalue weighted by molar-refractivity contribution is -0.186. The molecule has 4 aliphatic rings. The molecule has 0 aromatic rings. The van der Waals surface area contributed by atoms with Crippen molar-refractivity contribution in [3.05, 3.63) is 0 Å². The first-order valence-corrected chi connectivity index (χ1v) is 12.3. The average molecular weight is 393 g/mol. The van der Waals surface area contributed by atoms with E-state index in [2.05, 4.69) is 13.8 Å². The van der Waals surface area contributed by atoms with Crippen molar-refractivity contribution < 1.29 is 14.9 Å². The van der Waals surface area contributed by atoms with Gasteiger partial charge in [-0.2, -0.15) is 0 Å². The monoisotopic (exact) mass is 392 g/mol. The molecule has 4 rings (SSSR count). The van der Waals surface area contributed by atoms with Crippen LogP contribution in [0.25, 0.3) is 0 Å². The normalized spacial score (nSPS) is 51.1. The lowest BCUT2D eigenvalue weighted by Gasteiger charge is -2.65. The van der Waals surface area contributed by atoms with Crippen LogP contribution in [0, 0.1) is 40.4 Å². The Morgan fingerprint density at radius 1 is 0.964 bits per heavy atom. The number of aliphatic hydroxyl groups excluding tert-OH is 1. The lowest BCUT2D eigenvalue weighted by Crippen LogP contribution is -2.59. The summed E-state index contributed by atoms with van der Waals surface area (Å²) in [5.74, 6) is 3.68. The molecule has 0 aromatic carbocycles. The Bertz CT molecular complexity index is 550. The summed E-state index contributed by atoms with van der Waals surface area (Å²) in [5, 5.41) is 21.3. The second-order valence-corrected chi connectivity index (χ2v) is 11.2. The highest BCUT2D eigenvalue weighted by Gasteiger charge is 2.61. The molecule has 4 aliphatic carbocycles. The summed E-state index contributed by atoms with van der Waals surface area (Å²) >= 11 is 0. The van der Waals surface area contributed by atoms with Crippen molar-refractivity contribution in [1.82, 2.24) is 0 Å². The molecule has 8 atom stereocenters. The molecule has 0 bridgehead atoms. The first-order chi connectivity index (χ1) is 13.4. The summed E-state index contributed by atoms with van der Waals surface area (Å²) in [7, 11) is 0. The predicted molar refractivity (Wildman–Crippen MR) is 113 cm³/mol. The predicted octanol–water partition coefficient (Wildman–Crippen LogP) is 5.19. The Hall–Kier alpha value is -0.120. The molecule has 0 aromatic heterocycles. The fraction of sp³-hybridized carbons (Fsp3) is 1.00. The molecular formula is C25H44O3. The number of fused-ring (bicyclic) bond motifs is 5. The third-order valence-corrected chi connectivity index (χ3v) is 10.4. The standard InChI is InChI=1S/C25H44O3/c1-4-25-14-13-24(27,17-28-5-2)15-18(25)9-10-20-21-8-6-7-19(16-26)23(21,3)12-11-22(20)25/h18-22,26-27H,4-17H2,1-3H3/t18-,19-,20+,21+,22+,23-,24-,25+/m1/s1. The van der Waals surface area contributed by atoms with Gasteiger partial charge in [0.25, 0.3) is 0 Å². The quantitative estimate of drug-likeness (QED) is 0.677. The van der Waals surface area contributed by atoms with Gasteiger partial charge in [-0.3, -0.25) is 0 Å². The van der Waals surface area contributed by atoms with Crippen molar-refractivity contribution >= 4 is 0 Å². The van der Waals surface area contributed by atoms with Gasteiger partial charge >= 0.3 is 0 Å². The highest BCUT2D eigenvalue weighted by atomic mass is 16.5. The molecular weight excluding hydrogens is 348 g/mol. The molecule has 4 fully saturated rings. The van der Waals surface area contributed by atoms with Crippen LogP contribution >= 0.6 is 0 Å². The summed E-state index contributed by atoms with van der Waals surface area (Å²) in [6.45, 7) is 8.57. The Morgan fingerprint density at radius 3 is 2.50 bits per heavy atom. The van der Waals surface area contributed by atoms with Crippen molar-refractivity contribution in [1.29, 1.82) is 0 Å². The maximum Gasteiger partial charge on any atom is 0.0883 e. The second-order valence-electron chi connectivity index (χ2n) is 11.2. The van der Waals surface area contributed by atoms with Crippen LogP contribution < -0.4 is 0 Å². The van der Waals surface area contributed by atoms with Crippen LogP contribution in [0.2, 0.25) is 0 Å². The Morgan fingerprint density at radius 2 is 1.79 bits per heavy atom. The van der Waals surface area contributed by atoms with Gasteiger partial charge < -0.3 is 14.9 Å². The smallest absolute Gasteiger partial charge is 0.0883 e. The molecule has 162 valence electrons. The van der Waals surface area contributed by atoms with Gasteiger partial charge in [-0.15, -0.1) is 0 Å². The molecule has 0 spiro atoms. The maximum absolute atomic E-state index is 11.2. The minimum Gasteiger partial charge on any atom is -0.396 e. The molecule has 28 heavy (non-hydrogen) atoms. The zero-order valence-electron chi connectivity index (χ0n) is 18.6. The Labute approximate surface area is 172 Å². The summed E-state index contributed by atoms with van der Waals surface area (Å²) in [6.07, 6.45) is 13.5.